The normalized spacial score (nSPS) is 17.5. The van der Waals surface area contributed by atoms with E-state index in [2.05, 4.69) is 43.4 Å². The highest BCUT2D eigenvalue weighted by Gasteiger charge is 2.17. The molecular weight excluding hydrogens is 234 g/mol. The molecule has 2 nitrogen and oxygen atoms in total. The summed E-state index contributed by atoms with van der Waals surface area (Å²) in [5, 5.41) is 13.5. The standard InChI is InChI=1S/C17H27NO/c1-13(2)10-14-6-8-16(9-7-14)17(19)12-18-11-15-4-3-5-15/h6-9,13,15,17-19H,3-5,10-12H2,1-2H3. The van der Waals surface area contributed by atoms with Crippen molar-refractivity contribution in [3.63, 3.8) is 0 Å². The first-order chi connectivity index (χ1) is 9.15. The fourth-order valence-electron chi connectivity index (χ4n) is 2.59. The molecule has 2 heteroatoms. The summed E-state index contributed by atoms with van der Waals surface area (Å²) < 4.78 is 0. The van der Waals surface area contributed by atoms with Crippen molar-refractivity contribution in [2.75, 3.05) is 13.1 Å². The minimum atomic E-state index is -0.381. The van der Waals surface area contributed by atoms with E-state index in [4.69, 9.17) is 0 Å². The second kappa shape index (κ2) is 7.06. The number of rotatable bonds is 7. The molecule has 0 heterocycles. The van der Waals surface area contributed by atoms with Crippen LogP contribution in [0.25, 0.3) is 0 Å². The van der Waals surface area contributed by atoms with Crippen LogP contribution >= 0.6 is 0 Å². The van der Waals surface area contributed by atoms with Crippen molar-refractivity contribution in [2.24, 2.45) is 11.8 Å². The molecule has 0 amide bonds. The van der Waals surface area contributed by atoms with E-state index in [0.29, 0.717) is 12.5 Å². The van der Waals surface area contributed by atoms with E-state index in [-0.39, 0.29) is 6.10 Å². The molecule has 1 aromatic rings. The molecule has 1 aliphatic rings. The fourth-order valence-corrected chi connectivity index (χ4v) is 2.59. The molecule has 0 bridgehead atoms. The first-order valence-corrected chi connectivity index (χ1v) is 7.62. The molecule has 0 aromatic heterocycles. The highest BCUT2D eigenvalue weighted by Crippen LogP contribution is 2.25. The molecule has 0 aliphatic heterocycles. The van der Waals surface area contributed by atoms with Gasteiger partial charge in [0.15, 0.2) is 0 Å². The molecule has 0 saturated heterocycles. The van der Waals surface area contributed by atoms with E-state index in [9.17, 15) is 5.11 Å². The number of hydrogen-bond acceptors (Lipinski definition) is 2. The maximum Gasteiger partial charge on any atom is 0.0914 e. The van der Waals surface area contributed by atoms with Crippen molar-refractivity contribution in [1.29, 1.82) is 0 Å². The fraction of sp³-hybridized carbons (Fsp3) is 0.647. The van der Waals surface area contributed by atoms with Crippen LogP contribution in [0.4, 0.5) is 0 Å². The largest absolute Gasteiger partial charge is 0.387 e. The van der Waals surface area contributed by atoms with Gasteiger partial charge in [0.2, 0.25) is 0 Å². The Bertz CT molecular complexity index is 367. The summed E-state index contributed by atoms with van der Waals surface area (Å²) in [6, 6.07) is 8.41. The monoisotopic (exact) mass is 261 g/mol. The third-order valence-corrected chi connectivity index (χ3v) is 4.00. The van der Waals surface area contributed by atoms with Crippen LogP contribution in [0.5, 0.6) is 0 Å². The number of hydrogen-bond donors (Lipinski definition) is 2. The van der Waals surface area contributed by atoms with E-state index in [1.165, 1.54) is 24.8 Å². The van der Waals surface area contributed by atoms with Gasteiger partial charge in [-0.1, -0.05) is 44.5 Å². The molecule has 1 aromatic carbocycles. The molecule has 19 heavy (non-hydrogen) atoms. The number of nitrogens with one attached hydrogen (secondary N) is 1. The first-order valence-electron chi connectivity index (χ1n) is 7.62. The van der Waals surface area contributed by atoms with Gasteiger partial charge in [-0.2, -0.15) is 0 Å². The molecule has 2 rings (SSSR count). The Morgan fingerprint density at radius 3 is 2.42 bits per heavy atom. The van der Waals surface area contributed by atoms with Gasteiger partial charge in [-0.25, -0.2) is 0 Å². The lowest BCUT2D eigenvalue weighted by Gasteiger charge is -2.26. The Morgan fingerprint density at radius 1 is 1.21 bits per heavy atom. The summed E-state index contributed by atoms with van der Waals surface area (Å²) in [7, 11) is 0. The Labute approximate surface area is 117 Å². The number of aliphatic hydroxyl groups is 1. The van der Waals surface area contributed by atoms with Crippen molar-refractivity contribution < 1.29 is 5.11 Å². The third kappa shape index (κ3) is 4.63. The third-order valence-electron chi connectivity index (χ3n) is 4.00. The Balaban J connectivity index is 1.76. The SMILES string of the molecule is CC(C)Cc1ccc(C(O)CNCC2CCC2)cc1. The molecule has 1 unspecified atom stereocenters. The summed E-state index contributed by atoms with van der Waals surface area (Å²) in [5.41, 5.74) is 2.38. The molecule has 0 spiro atoms. The van der Waals surface area contributed by atoms with Gasteiger partial charge in [-0.15, -0.1) is 0 Å². The second-order valence-corrected chi connectivity index (χ2v) is 6.31. The predicted octanol–water partition coefficient (Wildman–Crippen LogP) is 3.31. The predicted molar refractivity (Wildman–Crippen MR) is 80.2 cm³/mol. The highest BCUT2D eigenvalue weighted by atomic mass is 16.3. The molecule has 1 saturated carbocycles. The van der Waals surface area contributed by atoms with Crippen LogP contribution < -0.4 is 5.32 Å². The van der Waals surface area contributed by atoms with E-state index < -0.39 is 0 Å². The van der Waals surface area contributed by atoms with Crippen molar-refractivity contribution in [3.8, 4) is 0 Å². The van der Waals surface area contributed by atoms with E-state index >= 15 is 0 Å². The lowest BCUT2D eigenvalue weighted by atomic mass is 9.85. The minimum Gasteiger partial charge on any atom is -0.387 e. The maximum absolute atomic E-state index is 10.1. The van der Waals surface area contributed by atoms with Gasteiger partial charge in [0.1, 0.15) is 0 Å². The van der Waals surface area contributed by atoms with Crippen molar-refractivity contribution in [2.45, 2.75) is 45.6 Å². The highest BCUT2D eigenvalue weighted by molar-refractivity contribution is 5.24. The Morgan fingerprint density at radius 2 is 1.89 bits per heavy atom. The van der Waals surface area contributed by atoms with Gasteiger partial charge in [-0.3, -0.25) is 0 Å². The summed E-state index contributed by atoms with van der Waals surface area (Å²) >= 11 is 0. The molecule has 1 atom stereocenters. The van der Waals surface area contributed by atoms with Crippen LogP contribution in [0.2, 0.25) is 0 Å². The van der Waals surface area contributed by atoms with Gasteiger partial charge < -0.3 is 10.4 Å². The first kappa shape index (κ1) is 14.5. The van der Waals surface area contributed by atoms with Crippen LogP contribution in [0.15, 0.2) is 24.3 Å². The summed E-state index contributed by atoms with van der Waals surface area (Å²) in [5.74, 6) is 1.53. The van der Waals surface area contributed by atoms with E-state index in [0.717, 1.165) is 24.4 Å². The number of aliphatic hydroxyl groups excluding tert-OH is 1. The van der Waals surface area contributed by atoms with Gasteiger partial charge in [0.05, 0.1) is 6.10 Å². The smallest absolute Gasteiger partial charge is 0.0914 e. The molecule has 106 valence electrons. The summed E-state index contributed by atoms with van der Waals surface area (Å²) in [4.78, 5) is 0. The Hall–Kier alpha value is -0.860. The summed E-state index contributed by atoms with van der Waals surface area (Å²) in [6.07, 6.45) is 4.82. The van der Waals surface area contributed by atoms with Crippen LogP contribution in [0.3, 0.4) is 0 Å². The minimum absolute atomic E-state index is 0.381. The average molecular weight is 261 g/mol. The molecular formula is C17H27NO. The lowest BCUT2D eigenvalue weighted by molar-refractivity contribution is 0.168. The summed E-state index contributed by atoms with van der Waals surface area (Å²) in [6.45, 7) is 6.18. The maximum atomic E-state index is 10.1. The quantitative estimate of drug-likeness (QED) is 0.789. The molecule has 2 N–H and O–H groups in total. The molecule has 1 aliphatic carbocycles. The second-order valence-electron chi connectivity index (χ2n) is 6.31. The lowest BCUT2D eigenvalue weighted by Crippen LogP contribution is -2.30. The molecule has 1 fully saturated rings. The van der Waals surface area contributed by atoms with Crippen LogP contribution in [-0.2, 0) is 6.42 Å². The van der Waals surface area contributed by atoms with Crippen molar-refractivity contribution in [1.82, 2.24) is 5.32 Å². The molecule has 0 radical (unpaired) electrons. The van der Waals surface area contributed by atoms with Gasteiger partial charge in [0, 0.05) is 6.54 Å². The van der Waals surface area contributed by atoms with E-state index in [1.807, 2.05) is 0 Å². The van der Waals surface area contributed by atoms with Crippen LogP contribution in [0.1, 0.15) is 50.3 Å². The van der Waals surface area contributed by atoms with Gasteiger partial charge >= 0.3 is 0 Å². The van der Waals surface area contributed by atoms with Crippen LogP contribution in [-0.4, -0.2) is 18.2 Å². The average Bonchev–Trinajstić information content (AvgIpc) is 2.32. The zero-order valence-corrected chi connectivity index (χ0v) is 12.2. The zero-order valence-electron chi connectivity index (χ0n) is 12.2. The van der Waals surface area contributed by atoms with Gasteiger partial charge in [-0.05, 0) is 48.8 Å². The number of benzene rings is 1. The van der Waals surface area contributed by atoms with Crippen molar-refractivity contribution in [3.05, 3.63) is 35.4 Å². The van der Waals surface area contributed by atoms with Crippen LogP contribution in [0, 0.1) is 11.8 Å². The topological polar surface area (TPSA) is 32.3 Å². The zero-order chi connectivity index (χ0) is 13.7. The van der Waals surface area contributed by atoms with E-state index in [1.54, 1.807) is 0 Å². The Kier molecular flexibility index (Phi) is 5.41. The van der Waals surface area contributed by atoms with Gasteiger partial charge in [0.25, 0.3) is 0 Å². The van der Waals surface area contributed by atoms with Crippen molar-refractivity contribution >= 4 is 0 Å².